The largest absolute Gasteiger partial charge is 0.462 e. The molecule has 19 heavy (non-hydrogen) atoms. The molecule has 0 bridgehead atoms. The molecule has 1 heterocycles. The molecule has 1 aromatic carbocycles. The maximum absolute atomic E-state index is 12.0. The van der Waals surface area contributed by atoms with Gasteiger partial charge in [-0.25, -0.2) is 4.79 Å². The molecule has 0 saturated carbocycles. The summed E-state index contributed by atoms with van der Waals surface area (Å²) in [7, 11) is 0. The lowest BCUT2D eigenvalue weighted by atomic mass is 9.88. The summed E-state index contributed by atoms with van der Waals surface area (Å²) >= 11 is 0. The molecular weight excluding hydrogens is 240 g/mol. The number of carbonyl (C=O) groups excluding carboxylic acids is 1. The predicted molar refractivity (Wildman–Crippen MR) is 74.0 cm³/mol. The maximum Gasteiger partial charge on any atom is 0.342 e. The summed E-state index contributed by atoms with van der Waals surface area (Å²) < 4.78 is 5.08. The second kappa shape index (κ2) is 4.46. The summed E-state index contributed by atoms with van der Waals surface area (Å²) in [6.45, 7) is 2.15. The minimum Gasteiger partial charge on any atom is -0.462 e. The fourth-order valence-corrected chi connectivity index (χ4v) is 2.72. The number of hydrogen-bond donors (Lipinski definition) is 2. The van der Waals surface area contributed by atoms with Gasteiger partial charge in [0.1, 0.15) is 11.4 Å². The number of ether oxygens (including phenoxy) is 1. The SMILES string of the molecule is CCOC(=O)c1c(N)[nH]c2c1CCc1ccccc1-2. The first kappa shape index (κ1) is 11.8. The van der Waals surface area contributed by atoms with E-state index in [0.29, 0.717) is 18.0 Å². The number of carbonyl (C=O) groups is 1. The highest BCUT2D eigenvalue weighted by molar-refractivity contribution is 5.99. The first-order valence-corrected chi connectivity index (χ1v) is 6.48. The van der Waals surface area contributed by atoms with Crippen molar-refractivity contribution in [2.24, 2.45) is 0 Å². The van der Waals surface area contributed by atoms with Gasteiger partial charge in [-0.05, 0) is 30.9 Å². The number of aromatic nitrogens is 1. The zero-order valence-corrected chi connectivity index (χ0v) is 10.8. The van der Waals surface area contributed by atoms with E-state index in [4.69, 9.17) is 10.5 Å². The fourth-order valence-electron chi connectivity index (χ4n) is 2.72. The van der Waals surface area contributed by atoms with Crippen molar-refractivity contribution in [2.75, 3.05) is 12.3 Å². The predicted octanol–water partition coefficient (Wildman–Crippen LogP) is 2.54. The van der Waals surface area contributed by atoms with Crippen LogP contribution in [0.15, 0.2) is 24.3 Å². The van der Waals surface area contributed by atoms with Crippen molar-refractivity contribution < 1.29 is 9.53 Å². The normalized spacial score (nSPS) is 12.7. The van der Waals surface area contributed by atoms with Crippen LogP contribution in [0, 0.1) is 0 Å². The Morgan fingerprint density at radius 2 is 2.16 bits per heavy atom. The van der Waals surface area contributed by atoms with Crippen LogP contribution in [0.2, 0.25) is 0 Å². The van der Waals surface area contributed by atoms with E-state index in [1.54, 1.807) is 6.92 Å². The van der Waals surface area contributed by atoms with Gasteiger partial charge in [-0.3, -0.25) is 0 Å². The zero-order valence-electron chi connectivity index (χ0n) is 10.8. The van der Waals surface area contributed by atoms with Gasteiger partial charge in [-0.15, -0.1) is 0 Å². The van der Waals surface area contributed by atoms with Crippen molar-refractivity contribution >= 4 is 11.8 Å². The first-order valence-electron chi connectivity index (χ1n) is 6.48. The number of benzene rings is 1. The summed E-state index contributed by atoms with van der Waals surface area (Å²) in [5.41, 5.74) is 10.8. The maximum atomic E-state index is 12.0. The fraction of sp³-hybridized carbons (Fsp3) is 0.267. The molecule has 0 atom stereocenters. The van der Waals surface area contributed by atoms with Crippen LogP contribution in [0.25, 0.3) is 11.3 Å². The molecule has 1 aromatic heterocycles. The summed E-state index contributed by atoms with van der Waals surface area (Å²) in [5, 5.41) is 0. The molecule has 2 aromatic rings. The minimum absolute atomic E-state index is 0.336. The number of rotatable bonds is 2. The van der Waals surface area contributed by atoms with Crippen molar-refractivity contribution in [1.82, 2.24) is 4.98 Å². The highest BCUT2D eigenvalue weighted by Gasteiger charge is 2.27. The van der Waals surface area contributed by atoms with Gasteiger partial charge in [0, 0.05) is 5.56 Å². The van der Waals surface area contributed by atoms with E-state index in [1.807, 2.05) is 12.1 Å². The molecule has 98 valence electrons. The van der Waals surface area contributed by atoms with E-state index in [2.05, 4.69) is 17.1 Å². The number of nitrogens with two attached hydrogens (primary N) is 1. The van der Waals surface area contributed by atoms with Crippen LogP contribution in [0.3, 0.4) is 0 Å². The van der Waals surface area contributed by atoms with Crippen LogP contribution < -0.4 is 5.73 Å². The number of aryl methyl sites for hydroxylation is 1. The smallest absolute Gasteiger partial charge is 0.342 e. The molecule has 3 N–H and O–H groups in total. The lowest BCUT2D eigenvalue weighted by Crippen LogP contribution is -2.11. The second-order valence-electron chi connectivity index (χ2n) is 4.64. The summed E-state index contributed by atoms with van der Waals surface area (Å²) in [5.74, 6) is 0.0667. The Kier molecular flexibility index (Phi) is 2.78. The first-order chi connectivity index (χ1) is 9.22. The lowest BCUT2D eigenvalue weighted by molar-refractivity contribution is 0.0526. The van der Waals surface area contributed by atoms with E-state index in [1.165, 1.54) is 5.56 Å². The van der Waals surface area contributed by atoms with Crippen molar-refractivity contribution in [3.63, 3.8) is 0 Å². The third-order valence-corrected chi connectivity index (χ3v) is 3.54. The van der Waals surface area contributed by atoms with Gasteiger partial charge >= 0.3 is 5.97 Å². The number of esters is 1. The number of hydrogen-bond acceptors (Lipinski definition) is 3. The highest BCUT2D eigenvalue weighted by Crippen LogP contribution is 2.37. The van der Waals surface area contributed by atoms with Crippen molar-refractivity contribution in [1.29, 1.82) is 0 Å². The number of nitrogen functional groups attached to an aromatic ring is 1. The molecule has 0 aliphatic heterocycles. The molecule has 0 radical (unpaired) electrons. The summed E-state index contributed by atoms with van der Waals surface area (Å²) in [6, 6.07) is 8.19. The Bertz CT molecular complexity index is 644. The van der Waals surface area contributed by atoms with Gasteiger partial charge in [-0.2, -0.15) is 0 Å². The van der Waals surface area contributed by atoms with Crippen LogP contribution in [-0.2, 0) is 17.6 Å². The van der Waals surface area contributed by atoms with Crippen molar-refractivity contribution in [3.05, 3.63) is 41.0 Å². The standard InChI is InChI=1S/C15H16N2O2/c1-2-19-15(18)12-11-8-7-9-5-3-4-6-10(9)13(11)17-14(12)16/h3-6,17H,2,7-8,16H2,1H3. The Hall–Kier alpha value is -2.23. The summed E-state index contributed by atoms with van der Waals surface area (Å²) in [6.07, 6.45) is 1.74. The van der Waals surface area contributed by atoms with E-state index >= 15 is 0 Å². The quantitative estimate of drug-likeness (QED) is 0.811. The topological polar surface area (TPSA) is 68.1 Å². The zero-order chi connectivity index (χ0) is 13.4. The monoisotopic (exact) mass is 256 g/mol. The van der Waals surface area contributed by atoms with Crippen LogP contribution in [-0.4, -0.2) is 17.6 Å². The molecule has 1 aliphatic rings. The third kappa shape index (κ3) is 1.80. The number of H-pyrrole nitrogens is 1. The van der Waals surface area contributed by atoms with Crippen LogP contribution in [0.1, 0.15) is 28.4 Å². The van der Waals surface area contributed by atoms with E-state index in [-0.39, 0.29) is 5.97 Å². The van der Waals surface area contributed by atoms with E-state index in [0.717, 1.165) is 29.7 Å². The molecule has 3 rings (SSSR count). The minimum atomic E-state index is -0.336. The second-order valence-corrected chi connectivity index (χ2v) is 4.64. The molecule has 0 unspecified atom stereocenters. The van der Waals surface area contributed by atoms with Gasteiger partial charge in [0.05, 0.1) is 12.3 Å². The molecule has 4 heteroatoms. The Labute approximate surface area is 111 Å². The Morgan fingerprint density at radius 3 is 2.95 bits per heavy atom. The Morgan fingerprint density at radius 1 is 1.37 bits per heavy atom. The molecule has 1 aliphatic carbocycles. The molecule has 0 saturated heterocycles. The lowest BCUT2D eigenvalue weighted by Gasteiger charge is -2.16. The molecule has 4 nitrogen and oxygen atoms in total. The average molecular weight is 256 g/mol. The van der Waals surface area contributed by atoms with Crippen molar-refractivity contribution in [2.45, 2.75) is 19.8 Å². The van der Waals surface area contributed by atoms with E-state index in [9.17, 15) is 4.79 Å². The van der Waals surface area contributed by atoms with Crippen LogP contribution in [0.4, 0.5) is 5.82 Å². The average Bonchev–Trinajstić information content (AvgIpc) is 2.75. The van der Waals surface area contributed by atoms with Crippen molar-refractivity contribution in [3.8, 4) is 11.3 Å². The third-order valence-electron chi connectivity index (χ3n) is 3.54. The number of aromatic amines is 1. The molecule has 0 spiro atoms. The number of nitrogens with one attached hydrogen (secondary N) is 1. The van der Waals surface area contributed by atoms with Gasteiger partial charge in [0.15, 0.2) is 0 Å². The number of fused-ring (bicyclic) bond motifs is 3. The highest BCUT2D eigenvalue weighted by atomic mass is 16.5. The molecular formula is C15H16N2O2. The van der Waals surface area contributed by atoms with Gasteiger partial charge in [0.25, 0.3) is 0 Å². The molecule has 0 fully saturated rings. The van der Waals surface area contributed by atoms with Gasteiger partial charge < -0.3 is 15.5 Å². The van der Waals surface area contributed by atoms with E-state index < -0.39 is 0 Å². The molecule has 0 amide bonds. The van der Waals surface area contributed by atoms with Gasteiger partial charge in [0.2, 0.25) is 0 Å². The summed E-state index contributed by atoms with van der Waals surface area (Å²) in [4.78, 5) is 15.1. The van der Waals surface area contributed by atoms with Crippen LogP contribution in [0.5, 0.6) is 0 Å². The number of anilines is 1. The van der Waals surface area contributed by atoms with Gasteiger partial charge in [-0.1, -0.05) is 24.3 Å². The van der Waals surface area contributed by atoms with Crippen LogP contribution >= 0.6 is 0 Å². The Balaban J connectivity index is 2.14.